The number of fused-ring (bicyclic) bond motifs is 1. The number of anilines is 1. The van der Waals surface area contributed by atoms with Gasteiger partial charge in [0.2, 0.25) is 0 Å². The topological polar surface area (TPSA) is 130 Å². The number of carbonyl (C=O) groups is 2. The van der Waals surface area contributed by atoms with E-state index in [-0.39, 0.29) is 22.8 Å². The number of ether oxygens (including phenoxy) is 2. The van der Waals surface area contributed by atoms with Crippen molar-refractivity contribution < 1.29 is 36.6 Å². The molecule has 0 bridgehead atoms. The van der Waals surface area contributed by atoms with Crippen LogP contribution in [-0.2, 0) is 0 Å². The number of alkyl halides is 3. The minimum atomic E-state index is -4.66. The molecule has 0 saturated carbocycles. The second-order valence-electron chi connectivity index (χ2n) is 6.48. The molecule has 0 unspecified atom stereocenters. The Kier molecular flexibility index (Phi) is 6.05. The van der Waals surface area contributed by atoms with E-state index in [4.69, 9.17) is 20.9 Å². The number of nitrogens with one attached hydrogen (secondary N) is 1. The van der Waals surface area contributed by atoms with E-state index >= 15 is 0 Å². The number of aromatic nitrogens is 1. The molecule has 0 radical (unpaired) electrons. The lowest BCUT2D eigenvalue weighted by molar-refractivity contribution is -0.123. The van der Waals surface area contributed by atoms with Crippen LogP contribution in [0.25, 0.3) is 10.9 Å². The summed E-state index contributed by atoms with van der Waals surface area (Å²) in [5, 5.41) is 1.89. The van der Waals surface area contributed by atoms with Crippen molar-refractivity contribution in [1.82, 2.24) is 10.3 Å². The molecule has 0 fully saturated rings. The zero-order valence-corrected chi connectivity index (χ0v) is 16.4. The number of hydrogen-bond acceptors (Lipinski definition) is 6. The first kappa shape index (κ1) is 22.6. The fourth-order valence-corrected chi connectivity index (χ4v) is 2.83. The molecule has 8 nitrogen and oxygen atoms in total. The fourth-order valence-electron chi connectivity index (χ4n) is 2.83. The molecule has 0 aliphatic rings. The Morgan fingerprint density at radius 3 is 2.44 bits per heavy atom. The summed E-state index contributed by atoms with van der Waals surface area (Å²) in [6.07, 6.45) is -3.28. The molecule has 0 atom stereocenters. The van der Waals surface area contributed by atoms with Crippen molar-refractivity contribution in [3.8, 4) is 17.2 Å². The number of pyridine rings is 1. The predicted molar refractivity (Wildman–Crippen MR) is 106 cm³/mol. The monoisotopic (exact) mass is 452 g/mol. The summed E-state index contributed by atoms with van der Waals surface area (Å²) in [6, 6.07) is 6.32. The van der Waals surface area contributed by atoms with Crippen molar-refractivity contribution in [2.75, 3.05) is 19.4 Å². The van der Waals surface area contributed by atoms with Gasteiger partial charge in [-0.05, 0) is 24.3 Å². The Balaban J connectivity index is 1.97. The van der Waals surface area contributed by atoms with Gasteiger partial charge < -0.3 is 26.3 Å². The molecule has 1 heterocycles. The largest absolute Gasteiger partial charge is 0.496 e. The van der Waals surface area contributed by atoms with Crippen LogP contribution in [0.5, 0.6) is 17.2 Å². The van der Waals surface area contributed by atoms with E-state index in [1.807, 2.05) is 0 Å². The number of nitrogen functional groups attached to an aromatic ring is 1. The third-order valence-electron chi connectivity index (χ3n) is 4.34. The highest BCUT2D eigenvalue weighted by Gasteiger charge is 2.29. The SMILES string of the molecule is COc1cc2nccc(Oc3ccc(C(=O)NCC(F)(F)F)c(F)c3N)c2cc1C(N)=O. The summed E-state index contributed by atoms with van der Waals surface area (Å²) < 4.78 is 62.2. The van der Waals surface area contributed by atoms with Crippen molar-refractivity contribution in [3.05, 3.63) is 53.5 Å². The molecule has 0 saturated heterocycles. The summed E-state index contributed by atoms with van der Waals surface area (Å²) in [7, 11) is 1.35. The molecule has 3 rings (SSSR count). The first-order chi connectivity index (χ1) is 15.0. The molecule has 2 aromatic carbocycles. The van der Waals surface area contributed by atoms with Gasteiger partial charge in [-0.25, -0.2) is 4.39 Å². The first-order valence-corrected chi connectivity index (χ1v) is 8.89. The maximum absolute atomic E-state index is 14.6. The van der Waals surface area contributed by atoms with Crippen LogP contribution in [0, 0.1) is 5.82 Å². The number of carbonyl (C=O) groups excluding carboxylic acids is 2. The van der Waals surface area contributed by atoms with Gasteiger partial charge in [0.15, 0.2) is 11.6 Å². The van der Waals surface area contributed by atoms with Crippen LogP contribution in [0.4, 0.5) is 23.2 Å². The maximum atomic E-state index is 14.6. The summed E-state index contributed by atoms with van der Waals surface area (Å²) >= 11 is 0. The van der Waals surface area contributed by atoms with Gasteiger partial charge in [-0.3, -0.25) is 14.6 Å². The lowest BCUT2D eigenvalue weighted by Gasteiger charge is -2.14. The number of benzene rings is 2. The highest BCUT2D eigenvalue weighted by atomic mass is 19.4. The van der Waals surface area contributed by atoms with Crippen LogP contribution in [-0.4, -0.2) is 36.6 Å². The molecule has 0 aliphatic carbocycles. The molecule has 1 aromatic heterocycles. The van der Waals surface area contributed by atoms with Gasteiger partial charge in [0, 0.05) is 17.6 Å². The Bertz CT molecular complexity index is 1210. The second kappa shape index (κ2) is 8.57. The number of methoxy groups -OCH3 is 1. The summed E-state index contributed by atoms with van der Waals surface area (Å²) in [5.41, 5.74) is 10.2. The highest BCUT2D eigenvalue weighted by Crippen LogP contribution is 2.36. The van der Waals surface area contributed by atoms with Crippen molar-refractivity contribution in [1.29, 1.82) is 0 Å². The first-order valence-electron chi connectivity index (χ1n) is 8.89. The Morgan fingerprint density at radius 2 is 1.81 bits per heavy atom. The summed E-state index contributed by atoms with van der Waals surface area (Å²) in [5.74, 6) is -3.20. The minimum Gasteiger partial charge on any atom is -0.496 e. The summed E-state index contributed by atoms with van der Waals surface area (Å²) in [4.78, 5) is 27.7. The maximum Gasteiger partial charge on any atom is 0.405 e. The molecule has 2 amide bonds. The quantitative estimate of drug-likeness (QED) is 0.389. The van der Waals surface area contributed by atoms with Crippen molar-refractivity contribution in [2.45, 2.75) is 6.18 Å². The fraction of sp³-hybridized carbons (Fsp3) is 0.150. The Hall–Kier alpha value is -4.09. The zero-order valence-electron chi connectivity index (χ0n) is 16.4. The number of nitrogens with zero attached hydrogens (tertiary/aromatic N) is 1. The van der Waals surface area contributed by atoms with Crippen LogP contribution in [0.2, 0.25) is 0 Å². The average molecular weight is 452 g/mol. The van der Waals surface area contributed by atoms with E-state index < -0.39 is 41.6 Å². The molecule has 32 heavy (non-hydrogen) atoms. The molecule has 3 aromatic rings. The van der Waals surface area contributed by atoms with Gasteiger partial charge in [-0.15, -0.1) is 0 Å². The van der Waals surface area contributed by atoms with Crippen LogP contribution >= 0.6 is 0 Å². The number of primary amides is 1. The normalized spacial score (nSPS) is 11.3. The third-order valence-corrected chi connectivity index (χ3v) is 4.34. The third kappa shape index (κ3) is 4.63. The van der Waals surface area contributed by atoms with E-state index in [0.29, 0.717) is 10.9 Å². The van der Waals surface area contributed by atoms with Gasteiger partial charge >= 0.3 is 6.18 Å². The van der Waals surface area contributed by atoms with E-state index in [1.165, 1.54) is 31.5 Å². The number of hydrogen-bond donors (Lipinski definition) is 3. The summed E-state index contributed by atoms with van der Waals surface area (Å²) in [6.45, 7) is -1.63. The number of rotatable bonds is 6. The van der Waals surface area contributed by atoms with Crippen LogP contribution < -0.4 is 26.3 Å². The van der Waals surface area contributed by atoms with Gasteiger partial charge in [-0.1, -0.05) is 0 Å². The molecule has 0 spiro atoms. The second-order valence-corrected chi connectivity index (χ2v) is 6.48. The van der Waals surface area contributed by atoms with Crippen LogP contribution in [0.15, 0.2) is 36.5 Å². The smallest absolute Gasteiger partial charge is 0.405 e. The van der Waals surface area contributed by atoms with Gasteiger partial charge in [0.25, 0.3) is 11.8 Å². The molecule has 12 heteroatoms. The molecule has 5 N–H and O–H groups in total. The lowest BCUT2D eigenvalue weighted by Crippen LogP contribution is -2.34. The van der Waals surface area contributed by atoms with Gasteiger partial charge in [-0.2, -0.15) is 13.2 Å². The predicted octanol–water partition coefficient (Wildman–Crippen LogP) is 3.15. The van der Waals surface area contributed by atoms with Crippen LogP contribution in [0.1, 0.15) is 20.7 Å². The average Bonchev–Trinajstić information content (AvgIpc) is 2.74. The molecule has 168 valence electrons. The van der Waals surface area contributed by atoms with Crippen LogP contribution in [0.3, 0.4) is 0 Å². The number of nitrogens with two attached hydrogens (primary N) is 2. The number of amides is 2. The lowest BCUT2D eigenvalue weighted by atomic mass is 10.1. The van der Waals surface area contributed by atoms with Crippen molar-refractivity contribution >= 4 is 28.4 Å². The minimum absolute atomic E-state index is 0.0497. The van der Waals surface area contributed by atoms with Crippen molar-refractivity contribution in [3.63, 3.8) is 0 Å². The van der Waals surface area contributed by atoms with E-state index in [1.54, 1.807) is 5.32 Å². The Labute approximate surface area is 178 Å². The zero-order chi connectivity index (χ0) is 23.6. The van der Waals surface area contributed by atoms with Gasteiger partial charge in [0.05, 0.1) is 23.8 Å². The van der Waals surface area contributed by atoms with E-state index in [2.05, 4.69) is 4.98 Å². The van der Waals surface area contributed by atoms with E-state index in [9.17, 15) is 27.2 Å². The molecule has 0 aliphatic heterocycles. The Morgan fingerprint density at radius 1 is 1.09 bits per heavy atom. The number of halogens is 4. The molecular formula is C20H16F4N4O4. The van der Waals surface area contributed by atoms with Gasteiger partial charge in [0.1, 0.15) is 23.7 Å². The van der Waals surface area contributed by atoms with E-state index in [0.717, 1.165) is 12.1 Å². The molecular weight excluding hydrogens is 436 g/mol. The van der Waals surface area contributed by atoms with Crippen molar-refractivity contribution in [2.24, 2.45) is 5.73 Å². The highest BCUT2D eigenvalue weighted by molar-refractivity contribution is 6.01. The standard InChI is InChI=1S/C20H16F4N4O4/c1-31-15-7-12-10(6-11(15)18(26)29)13(4-5-27-12)32-14-3-2-9(16(21)17(14)25)19(30)28-8-20(22,23)24/h2-7H,8,25H2,1H3,(H2,26,29)(H,28,30).